The van der Waals surface area contributed by atoms with Crippen LogP contribution in [0, 0.1) is 11.3 Å². The molecule has 21 heavy (non-hydrogen) atoms. The Hall–Kier alpha value is -0.670. The second-order valence-corrected chi connectivity index (χ2v) is 5.46. The zero-order chi connectivity index (χ0) is 16.1. The molecule has 5 nitrogen and oxygen atoms in total. The van der Waals surface area contributed by atoms with Crippen molar-refractivity contribution in [2.24, 2.45) is 0 Å². The zero-order valence-corrected chi connectivity index (χ0v) is 14.4. The Morgan fingerprint density at radius 1 is 1.14 bits per heavy atom. The van der Waals surface area contributed by atoms with Crippen LogP contribution in [0.3, 0.4) is 0 Å². The molecular weight excluding hydrogens is 266 g/mol. The predicted octanol–water partition coefficient (Wildman–Crippen LogP) is 2.03. The highest BCUT2D eigenvalue weighted by molar-refractivity contribution is 5.05. The Balaban J connectivity index is 4.52. The molecule has 0 heterocycles. The topological polar surface area (TPSA) is 57.5 Å². The minimum absolute atomic E-state index is 0.301. The van der Waals surface area contributed by atoms with Gasteiger partial charge in [0.2, 0.25) is 0 Å². The first-order valence-electron chi connectivity index (χ1n) is 8.08. The fraction of sp³-hybridized carbons (Fsp3) is 0.938. The van der Waals surface area contributed by atoms with Crippen LogP contribution in [0.4, 0.5) is 0 Å². The van der Waals surface area contributed by atoms with Gasteiger partial charge in [0.05, 0.1) is 19.3 Å². The molecule has 0 spiro atoms. The number of rotatable bonds is 13. The highest BCUT2D eigenvalue weighted by Gasteiger charge is 2.27. The number of nitrogens with one attached hydrogen (secondary N) is 1. The molecule has 0 saturated carbocycles. The van der Waals surface area contributed by atoms with E-state index in [1.165, 1.54) is 0 Å². The van der Waals surface area contributed by atoms with Gasteiger partial charge in [-0.1, -0.05) is 6.92 Å². The van der Waals surface area contributed by atoms with E-state index in [4.69, 9.17) is 9.47 Å². The third-order valence-electron chi connectivity index (χ3n) is 3.59. The first-order chi connectivity index (χ1) is 10.0. The summed E-state index contributed by atoms with van der Waals surface area (Å²) < 4.78 is 10.9. The summed E-state index contributed by atoms with van der Waals surface area (Å²) in [5, 5.41) is 12.7. The maximum absolute atomic E-state index is 9.39. The Kier molecular flexibility index (Phi) is 11.6. The van der Waals surface area contributed by atoms with Gasteiger partial charge in [-0.3, -0.25) is 10.2 Å². The Morgan fingerprint density at radius 2 is 1.67 bits per heavy atom. The van der Waals surface area contributed by atoms with E-state index in [2.05, 4.69) is 23.2 Å². The number of hydrogen-bond donors (Lipinski definition) is 1. The van der Waals surface area contributed by atoms with Crippen LogP contribution in [-0.2, 0) is 9.47 Å². The lowest BCUT2D eigenvalue weighted by Crippen LogP contribution is -2.48. The van der Waals surface area contributed by atoms with Gasteiger partial charge in [0.15, 0.2) is 0 Å². The van der Waals surface area contributed by atoms with Crippen molar-refractivity contribution < 1.29 is 9.47 Å². The van der Waals surface area contributed by atoms with Crippen LogP contribution in [0.2, 0.25) is 0 Å². The molecule has 0 aliphatic heterocycles. The quantitative estimate of drug-likeness (QED) is 0.527. The smallest absolute Gasteiger partial charge is 0.105 e. The molecular formula is C16H33N3O2. The van der Waals surface area contributed by atoms with Gasteiger partial charge in [-0.2, -0.15) is 5.26 Å². The highest BCUT2D eigenvalue weighted by Crippen LogP contribution is 2.15. The van der Waals surface area contributed by atoms with Gasteiger partial charge in [0.25, 0.3) is 0 Å². The molecule has 0 aliphatic carbocycles. The number of ether oxygens (including phenoxy) is 2. The summed E-state index contributed by atoms with van der Waals surface area (Å²) in [5.41, 5.74) is -0.482. The summed E-state index contributed by atoms with van der Waals surface area (Å²) in [6.07, 6.45) is 0.787. The molecule has 0 fully saturated rings. The van der Waals surface area contributed by atoms with Gasteiger partial charge < -0.3 is 9.47 Å². The molecule has 0 rings (SSSR count). The van der Waals surface area contributed by atoms with Crippen molar-refractivity contribution in [2.45, 2.75) is 52.6 Å². The molecule has 2 atom stereocenters. The minimum Gasteiger partial charge on any atom is -0.380 e. The van der Waals surface area contributed by atoms with E-state index < -0.39 is 5.54 Å². The van der Waals surface area contributed by atoms with Crippen LogP contribution in [0.25, 0.3) is 0 Å². The number of nitrogens with zero attached hydrogens (tertiary/aromatic N) is 2. The number of nitriles is 1. The van der Waals surface area contributed by atoms with Crippen LogP contribution in [-0.4, -0.2) is 62.5 Å². The summed E-state index contributed by atoms with van der Waals surface area (Å²) in [5.74, 6) is 0. The molecule has 5 heteroatoms. The third kappa shape index (κ3) is 9.05. The van der Waals surface area contributed by atoms with Gasteiger partial charge in [-0.15, -0.1) is 0 Å². The van der Waals surface area contributed by atoms with E-state index >= 15 is 0 Å². The maximum atomic E-state index is 9.39. The van der Waals surface area contributed by atoms with Crippen molar-refractivity contribution in [3.63, 3.8) is 0 Å². The van der Waals surface area contributed by atoms with Crippen LogP contribution in [0.15, 0.2) is 0 Å². The first-order valence-corrected chi connectivity index (χ1v) is 8.08. The fourth-order valence-electron chi connectivity index (χ4n) is 2.47. The second kappa shape index (κ2) is 11.9. The Labute approximate surface area is 130 Å². The monoisotopic (exact) mass is 299 g/mol. The van der Waals surface area contributed by atoms with Gasteiger partial charge in [-0.25, -0.2) is 0 Å². The Morgan fingerprint density at radius 3 is 2.05 bits per heavy atom. The lowest BCUT2D eigenvalue weighted by molar-refractivity contribution is 0.0602. The molecule has 124 valence electrons. The van der Waals surface area contributed by atoms with Crippen LogP contribution >= 0.6 is 0 Å². The second-order valence-electron chi connectivity index (χ2n) is 5.46. The van der Waals surface area contributed by atoms with Gasteiger partial charge >= 0.3 is 0 Å². The van der Waals surface area contributed by atoms with E-state index in [1.54, 1.807) is 0 Å². The highest BCUT2D eigenvalue weighted by atomic mass is 16.5. The van der Waals surface area contributed by atoms with Crippen molar-refractivity contribution in [3.05, 3.63) is 0 Å². The lowest BCUT2D eigenvalue weighted by atomic mass is 9.94. The molecule has 1 N–H and O–H groups in total. The van der Waals surface area contributed by atoms with E-state index in [1.807, 2.05) is 27.7 Å². The normalized spacial score (nSPS) is 15.7. The van der Waals surface area contributed by atoms with E-state index in [9.17, 15) is 5.26 Å². The average Bonchev–Trinajstić information content (AvgIpc) is 2.46. The van der Waals surface area contributed by atoms with Crippen LogP contribution < -0.4 is 5.32 Å². The van der Waals surface area contributed by atoms with E-state index in [-0.39, 0.29) is 0 Å². The van der Waals surface area contributed by atoms with Crippen LogP contribution in [0.5, 0.6) is 0 Å². The van der Waals surface area contributed by atoms with E-state index in [0.29, 0.717) is 6.04 Å². The van der Waals surface area contributed by atoms with Crippen molar-refractivity contribution in [1.82, 2.24) is 10.2 Å². The summed E-state index contributed by atoms with van der Waals surface area (Å²) in [6.45, 7) is 15.6. The summed E-state index contributed by atoms with van der Waals surface area (Å²) in [4.78, 5) is 2.35. The lowest BCUT2D eigenvalue weighted by Gasteiger charge is -2.34. The van der Waals surface area contributed by atoms with Crippen LogP contribution in [0.1, 0.15) is 41.0 Å². The molecule has 0 aromatic carbocycles. The molecule has 0 amide bonds. The average molecular weight is 299 g/mol. The molecule has 0 saturated heterocycles. The maximum Gasteiger partial charge on any atom is 0.105 e. The van der Waals surface area contributed by atoms with Crippen molar-refractivity contribution in [1.29, 1.82) is 5.26 Å². The van der Waals surface area contributed by atoms with Gasteiger partial charge in [0.1, 0.15) is 5.54 Å². The fourth-order valence-corrected chi connectivity index (χ4v) is 2.47. The third-order valence-corrected chi connectivity index (χ3v) is 3.59. The molecule has 0 radical (unpaired) electrons. The standard InChI is InChI=1S/C16H33N3O2/c1-6-18-16(5,14-17)13-15(4)19(9-11-20-7-2)10-12-21-8-3/h15,18H,6-13H2,1-5H3. The summed E-state index contributed by atoms with van der Waals surface area (Å²) >= 11 is 0. The molecule has 0 aromatic heterocycles. The molecule has 2 unspecified atom stereocenters. The number of hydrogen-bond acceptors (Lipinski definition) is 5. The van der Waals surface area contributed by atoms with Crippen molar-refractivity contribution >= 4 is 0 Å². The largest absolute Gasteiger partial charge is 0.380 e. The van der Waals surface area contributed by atoms with E-state index in [0.717, 1.165) is 52.5 Å². The first kappa shape index (κ1) is 20.3. The molecule has 0 bridgehead atoms. The minimum atomic E-state index is -0.482. The predicted molar refractivity (Wildman–Crippen MR) is 86.3 cm³/mol. The molecule has 0 aromatic rings. The van der Waals surface area contributed by atoms with Crippen molar-refractivity contribution in [3.8, 4) is 6.07 Å². The molecule has 0 aliphatic rings. The van der Waals surface area contributed by atoms with Gasteiger partial charge in [-0.05, 0) is 40.7 Å². The van der Waals surface area contributed by atoms with Gasteiger partial charge in [0, 0.05) is 32.3 Å². The Bertz CT molecular complexity index is 284. The summed E-state index contributed by atoms with van der Waals surface area (Å²) in [6, 6.07) is 2.70. The van der Waals surface area contributed by atoms with Crippen molar-refractivity contribution in [2.75, 3.05) is 46.1 Å². The summed E-state index contributed by atoms with van der Waals surface area (Å²) in [7, 11) is 0. The SMILES string of the molecule is CCNC(C)(C#N)CC(C)N(CCOCC)CCOCC. The zero-order valence-electron chi connectivity index (χ0n) is 14.4.